The molecule has 4 heterocycles. The Bertz CT molecular complexity index is 1430. The van der Waals surface area contributed by atoms with Gasteiger partial charge in [0.25, 0.3) is 0 Å². The fourth-order valence-corrected chi connectivity index (χ4v) is 7.37. The number of benzene rings is 1. The molecular weight excluding hydrogens is 447 g/mol. The predicted molar refractivity (Wildman–Crippen MR) is 123 cm³/mol. The number of anilines is 2. The molecule has 1 aromatic carbocycles. The van der Waals surface area contributed by atoms with E-state index in [1.807, 2.05) is 0 Å². The average molecular weight is 471 g/mol. The van der Waals surface area contributed by atoms with Gasteiger partial charge in [-0.15, -0.1) is 0 Å². The number of hydrogen-bond acceptors (Lipinski definition) is 9. The molecule has 0 saturated carbocycles. The molecular formula is C22H23FN6O3S. The molecule has 1 saturated heterocycles. The summed E-state index contributed by atoms with van der Waals surface area (Å²) in [6.07, 6.45) is 3.78. The number of sulfone groups is 1. The number of hydrogen-bond donors (Lipinski definition) is 2. The lowest BCUT2D eigenvalue weighted by Crippen LogP contribution is -2.55. The highest BCUT2D eigenvalue weighted by Crippen LogP contribution is 2.51. The van der Waals surface area contributed by atoms with Crippen molar-refractivity contribution >= 4 is 38.2 Å². The summed E-state index contributed by atoms with van der Waals surface area (Å²) >= 11 is 0. The van der Waals surface area contributed by atoms with Crippen LogP contribution in [0.3, 0.4) is 0 Å². The minimum Gasteiger partial charge on any atom is -0.480 e. The van der Waals surface area contributed by atoms with E-state index in [-0.39, 0.29) is 11.4 Å². The maximum atomic E-state index is 15.1. The second-order valence-electron chi connectivity index (χ2n) is 8.71. The highest BCUT2D eigenvalue weighted by molar-refractivity contribution is 7.94. The van der Waals surface area contributed by atoms with E-state index in [4.69, 9.17) is 10.5 Å². The Morgan fingerprint density at radius 2 is 2.03 bits per heavy atom. The molecule has 2 aromatic heterocycles. The van der Waals surface area contributed by atoms with Crippen LogP contribution in [0.5, 0.6) is 5.88 Å². The third-order valence-corrected chi connectivity index (χ3v) is 9.94. The van der Waals surface area contributed by atoms with E-state index in [1.54, 1.807) is 38.2 Å². The lowest BCUT2D eigenvalue weighted by molar-refractivity contribution is 0.397. The minimum atomic E-state index is -3.64. The number of aliphatic imine (C=N–C) groups is 1. The van der Waals surface area contributed by atoms with E-state index in [0.29, 0.717) is 41.3 Å². The van der Waals surface area contributed by atoms with Gasteiger partial charge in [0.2, 0.25) is 5.88 Å². The molecule has 9 nitrogen and oxygen atoms in total. The molecule has 3 aromatic rings. The molecule has 1 fully saturated rings. The minimum absolute atomic E-state index is 0.0245. The van der Waals surface area contributed by atoms with Crippen molar-refractivity contribution in [1.82, 2.24) is 15.0 Å². The highest BCUT2D eigenvalue weighted by Gasteiger charge is 2.63. The van der Waals surface area contributed by atoms with Gasteiger partial charge in [0.1, 0.15) is 27.5 Å². The summed E-state index contributed by atoms with van der Waals surface area (Å²) < 4.78 is 45.5. The number of nitrogens with one attached hydrogen (secondary N) is 1. The maximum Gasteiger partial charge on any atom is 0.232 e. The molecule has 172 valence electrons. The molecule has 2 bridgehead atoms. The van der Waals surface area contributed by atoms with Crippen LogP contribution in [0.2, 0.25) is 0 Å². The number of rotatable bonds is 4. The standard InChI is InChI=1S/C22H23FN6O3S/c1-21-8-6-16(33(21,30)31)22(2,29-20(21)24)13-10-12(4-5-14(13)23)27-19-18-15(7-9-25-19)28-17(32-3)11-26-18/h4-5,7,9-11,16H,6,8H2,1-3H3,(H2,24,29)(H,25,27)/t16?,21-,22-/m1/s1. The average Bonchev–Trinajstić information content (AvgIpc) is 2.97. The van der Waals surface area contributed by atoms with Crippen LogP contribution >= 0.6 is 0 Å². The zero-order chi connectivity index (χ0) is 23.6. The number of aromatic nitrogens is 3. The van der Waals surface area contributed by atoms with Gasteiger partial charge in [-0.2, -0.15) is 0 Å². The number of halogens is 1. The number of ether oxygens (including phenoxy) is 1. The van der Waals surface area contributed by atoms with Crippen molar-refractivity contribution < 1.29 is 17.5 Å². The molecule has 5 rings (SSSR count). The monoisotopic (exact) mass is 470 g/mol. The summed E-state index contributed by atoms with van der Waals surface area (Å²) in [5, 5.41) is 2.28. The molecule has 3 N–H and O–H groups in total. The first-order valence-electron chi connectivity index (χ1n) is 10.4. The van der Waals surface area contributed by atoms with Crippen LogP contribution in [0.25, 0.3) is 11.0 Å². The van der Waals surface area contributed by atoms with E-state index < -0.39 is 31.2 Å². The van der Waals surface area contributed by atoms with Gasteiger partial charge in [-0.25, -0.2) is 27.8 Å². The summed E-state index contributed by atoms with van der Waals surface area (Å²) in [5.41, 5.74) is 6.52. The molecule has 0 amide bonds. The number of pyridine rings is 1. The van der Waals surface area contributed by atoms with Gasteiger partial charge >= 0.3 is 0 Å². The lowest BCUT2D eigenvalue weighted by Gasteiger charge is -2.39. The van der Waals surface area contributed by atoms with Crippen LogP contribution in [0.15, 0.2) is 41.7 Å². The number of nitrogens with two attached hydrogens (primary N) is 1. The van der Waals surface area contributed by atoms with Crippen molar-refractivity contribution in [2.75, 3.05) is 12.4 Å². The number of methoxy groups -OCH3 is 1. The topological polar surface area (TPSA) is 132 Å². The Hall–Kier alpha value is -3.34. The molecule has 2 aliphatic heterocycles. The van der Waals surface area contributed by atoms with Crippen molar-refractivity contribution in [1.29, 1.82) is 0 Å². The van der Waals surface area contributed by atoms with Gasteiger partial charge in [0, 0.05) is 17.4 Å². The van der Waals surface area contributed by atoms with Gasteiger partial charge in [-0.05, 0) is 51.0 Å². The van der Waals surface area contributed by atoms with E-state index in [0.717, 1.165) is 0 Å². The largest absolute Gasteiger partial charge is 0.480 e. The Balaban J connectivity index is 1.59. The lowest BCUT2D eigenvalue weighted by atomic mass is 9.86. The van der Waals surface area contributed by atoms with Crippen LogP contribution in [0, 0.1) is 5.82 Å². The summed E-state index contributed by atoms with van der Waals surface area (Å²) in [6, 6.07) is 6.08. The van der Waals surface area contributed by atoms with E-state index in [2.05, 4.69) is 25.3 Å². The fraction of sp³-hybridized carbons (Fsp3) is 0.364. The van der Waals surface area contributed by atoms with Crippen molar-refractivity contribution in [2.24, 2.45) is 10.7 Å². The van der Waals surface area contributed by atoms with Crippen molar-refractivity contribution in [2.45, 2.75) is 42.2 Å². The summed E-state index contributed by atoms with van der Waals surface area (Å²) in [7, 11) is -2.14. The molecule has 3 atom stereocenters. The first-order valence-corrected chi connectivity index (χ1v) is 12.0. The summed E-state index contributed by atoms with van der Waals surface area (Å²) in [6.45, 7) is 3.22. The van der Waals surface area contributed by atoms with Crippen LogP contribution in [0.1, 0.15) is 32.3 Å². The molecule has 0 aliphatic carbocycles. The van der Waals surface area contributed by atoms with Gasteiger partial charge < -0.3 is 15.8 Å². The zero-order valence-corrected chi connectivity index (χ0v) is 19.1. The second-order valence-corrected chi connectivity index (χ2v) is 11.3. The fourth-order valence-electron chi connectivity index (χ4n) is 4.80. The third-order valence-electron chi connectivity index (χ3n) is 6.83. The van der Waals surface area contributed by atoms with Crippen molar-refractivity contribution in [3.63, 3.8) is 0 Å². The van der Waals surface area contributed by atoms with Crippen molar-refractivity contribution in [3.05, 3.63) is 48.0 Å². The quantitative estimate of drug-likeness (QED) is 0.595. The molecule has 0 spiro atoms. The Labute approximate surface area is 190 Å². The number of fused-ring (bicyclic) bond motifs is 3. The van der Waals surface area contributed by atoms with Gasteiger partial charge in [0.15, 0.2) is 15.7 Å². The summed E-state index contributed by atoms with van der Waals surface area (Å²) in [5.74, 6) is 0.254. The summed E-state index contributed by atoms with van der Waals surface area (Å²) in [4.78, 5) is 17.6. The van der Waals surface area contributed by atoms with E-state index >= 15 is 4.39 Å². The third kappa shape index (κ3) is 2.98. The highest BCUT2D eigenvalue weighted by atomic mass is 32.2. The molecule has 0 radical (unpaired) electrons. The van der Waals surface area contributed by atoms with Crippen LogP contribution in [-0.4, -0.2) is 46.3 Å². The smallest absolute Gasteiger partial charge is 0.232 e. The molecule has 11 heteroatoms. The molecule has 1 unspecified atom stereocenters. The Kier molecular flexibility index (Phi) is 4.61. The predicted octanol–water partition coefficient (Wildman–Crippen LogP) is 2.84. The zero-order valence-electron chi connectivity index (χ0n) is 18.3. The van der Waals surface area contributed by atoms with Gasteiger partial charge in [-0.1, -0.05) is 0 Å². The van der Waals surface area contributed by atoms with Crippen molar-refractivity contribution in [3.8, 4) is 5.88 Å². The van der Waals surface area contributed by atoms with Gasteiger partial charge in [-0.3, -0.25) is 4.99 Å². The van der Waals surface area contributed by atoms with Crippen LogP contribution in [-0.2, 0) is 15.4 Å². The second kappa shape index (κ2) is 7.08. The van der Waals surface area contributed by atoms with Crippen LogP contribution < -0.4 is 15.8 Å². The van der Waals surface area contributed by atoms with Gasteiger partial charge in [0.05, 0.1) is 24.1 Å². The first-order chi connectivity index (χ1) is 15.6. The SMILES string of the molecule is COc1cnc2c(Nc3ccc(F)c([C@@]4(C)N=C(N)[C@@]5(C)CCC4S5(=O)=O)c3)nccc2n1. The number of nitrogens with zero attached hydrogens (tertiary/aromatic N) is 4. The normalized spacial score (nSPS) is 27.9. The van der Waals surface area contributed by atoms with Crippen LogP contribution in [0.4, 0.5) is 15.9 Å². The molecule has 33 heavy (non-hydrogen) atoms. The number of amidine groups is 1. The van der Waals surface area contributed by atoms with E-state index in [1.165, 1.54) is 19.4 Å². The van der Waals surface area contributed by atoms with E-state index in [9.17, 15) is 8.42 Å². The molecule has 2 aliphatic rings. The first kappa shape index (κ1) is 21.5. The Morgan fingerprint density at radius 1 is 1.24 bits per heavy atom. The Morgan fingerprint density at radius 3 is 2.79 bits per heavy atom. The maximum absolute atomic E-state index is 15.1.